The third kappa shape index (κ3) is 8.53. The first-order valence-electron chi connectivity index (χ1n) is 9.79. The standard InChI is InChI=1S/C21H33NO4/c1-3-4-7-10-17(2)19(23)14-12-18-13-15-20(24)22(18)16-9-6-5-8-11-21(25)26/h12,14,17-19,23H,3,5-6,8-11,13,15-16H2,1-2H3,(H,25,26)/t17-,18+,19-/m1/s1. The van der Waals surface area contributed by atoms with E-state index in [4.69, 9.17) is 5.11 Å². The molecule has 1 aliphatic heterocycles. The lowest BCUT2D eigenvalue weighted by atomic mass is 10.00. The van der Waals surface area contributed by atoms with Crippen LogP contribution in [0.2, 0.25) is 0 Å². The Morgan fingerprint density at radius 2 is 2.04 bits per heavy atom. The minimum absolute atomic E-state index is 0.0603. The zero-order chi connectivity index (χ0) is 19.4. The summed E-state index contributed by atoms with van der Waals surface area (Å²) in [4.78, 5) is 24.5. The molecule has 3 atom stereocenters. The maximum absolute atomic E-state index is 12.1. The summed E-state index contributed by atoms with van der Waals surface area (Å²) in [6, 6.07) is 0.0603. The summed E-state index contributed by atoms with van der Waals surface area (Å²) in [5.41, 5.74) is 0. The minimum atomic E-state index is -0.751. The number of carboxylic acid groups (broad SMARTS) is 1. The van der Waals surface area contributed by atoms with Gasteiger partial charge in [0.1, 0.15) is 0 Å². The van der Waals surface area contributed by atoms with Crippen LogP contribution in [0, 0.1) is 17.8 Å². The smallest absolute Gasteiger partial charge is 0.303 e. The zero-order valence-electron chi connectivity index (χ0n) is 16.1. The van der Waals surface area contributed by atoms with Crippen LogP contribution >= 0.6 is 0 Å². The highest BCUT2D eigenvalue weighted by atomic mass is 16.4. The number of carbonyl (C=O) groups is 2. The lowest BCUT2D eigenvalue weighted by Gasteiger charge is -2.23. The number of hydrogen-bond donors (Lipinski definition) is 2. The highest BCUT2D eigenvalue weighted by Gasteiger charge is 2.28. The normalized spacial score (nSPS) is 19.4. The van der Waals surface area contributed by atoms with E-state index in [0.29, 0.717) is 25.8 Å². The van der Waals surface area contributed by atoms with Gasteiger partial charge in [-0.05, 0) is 25.2 Å². The number of amides is 1. The molecule has 0 aromatic rings. The molecule has 5 nitrogen and oxygen atoms in total. The molecule has 0 radical (unpaired) electrons. The predicted octanol–water partition coefficient (Wildman–Crippen LogP) is 3.37. The summed E-state index contributed by atoms with van der Waals surface area (Å²) in [5, 5.41) is 18.9. The van der Waals surface area contributed by atoms with Gasteiger partial charge in [0.25, 0.3) is 0 Å². The molecule has 1 amide bonds. The van der Waals surface area contributed by atoms with Crippen molar-refractivity contribution in [3.05, 3.63) is 12.2 Å². The van der Waals surface area contributed by atoms with Crippen LogP contribution in [0.3, 0.4) is 0 Å². The molecule has 0 saturated carbocycles. The van der Waals surface area contributed by atoms with E-state index >= 15 is 0 Å². The fourth-order valence-corrected chi connectivity index (χ4v) is 3.07. The molecule has 0 bridgehead atoms. The maximum Gasteiger partial charge on any atom is 0.303 e. The van der Waals surface area contributed by atoms with E-state index in [9.17, 15) is 14.7 Å². The van der Waals surface area contributed by atoms with E-state index in [1.807, 2.05) is 24.8 Å². The molecule has 1 saturated heterocycles. The van der Waals surface area contributed by atoms with Crippen molar-refractivity contribution < 1.29 is 19.8 Å². The number of hydrogen-bond acceptors (Lipinski definition) is 3. The number of aliphatic hydroxyl groups is 1. The second-order valence-electron chi connectivity index (χ2n) is 7.02. The Balaban J connectivity index is 2.39. The van der Waals surface area contributed by atoms with E-state index in [1.165, 1.54) is 0 Å². The molecule has 2 N–H and O–H groups in total. The SMILES string of the molecule is CCC#CC[C@@H](C)[C@H](O)C=C[C@H]1CCC(=O)N1CCCCCCC(=O)O. The van der Waals surface area contributed by atoms with Gasteiger partial charge in [0.05, 0.1) is 12.1 Å². The van der Waals surface area contributed by atoms with Gasteiger partial charge in [-0.2, -0.15) is 0 Å². The Labute approximate surface area is 157 Å². The fraction of sp³-hybridized carbons (Fsp3) is 0.714. The Morgan fingerprint density at radius 1 is 1.31 bits per heavy atom. The average molecular weight is 363 g/mol. The lowest BCUT2D eigenvalue weighted by molar-refractivity contribution is -0.137. The maximum atomic E-state index is 12.1. The van der Waals surface area contributed by atoms with Crippen LogP contribution in [-0.2, 0) is 9.59 Å². The minimum Gasteiger partial charge on any atom is -0.481 e. The monoisotopic (exact) mass is 363 g/mol. The Bertz CT molecular complexity index is 532. The van der Waals surface area contributed by atoms with Crippen molar-refractivity contribution in [3.8, 4) is 11.8 Å². The molecule has 0 aromatic carbocycles. The van der Waals surface area contributed by atoms with Crippen LogP contribution < -0.4 is 0 Å². The third-order valence-corrected chi connectivity index (χ3v) is 4.75. The molecular formula is C21H33NO4. The molecule has 5 heteroatoms. The second-order valence-corrected chi connectivity index (χ2v) is 7.02. The first kappa shape index (κ1) is 22.2. The van der Waals surface area contributed by atoms with Gasteiger partial charge in [0.15, 0.2) is 0 Å². The second kappa shape index (κ2) is 12.5. The van der Waals surface area contributed by atoms with Crippen molar-refractivity contribution in [2.75, 3.05) is 6.54 Å². The van der Waals surface area contributed by atoms with Gasteiger partial charge in [-0.1, -0.05) is 38.8 Å². The summed E-state index contributed by atoms with van der Waals surface area (Å²) in [7, 11) is 0. The summed E-state index contributed by atoms with van der Waals surface area (Å²) in [5.74, 6) is 5.57. The predicted molar refractivity (Wildman–Crippen MR) is 102 cm³/mol. The van der Waals surface area contributed by atoms with Crippen molar-refractivity contribution >= 4 is 11.9 Å². The molecule has 0 unspecified atom stereocenters. The number of likely N-dealkylation sites (tertiary alicyclic amines) is 1. The molecule has 1 rings (SSSR count). The highest BCUT2D eigenvalue weighted by molar-refractivity contribution is 5.79. The average Bonchev–Trinajstić information content (AvgIpc) is 2.95. The summed E-state index contributed by atoms with van der Waals surface area (Å²) >= 11 is 0. The van der Waals surface area contributed by atoms with Crippen molar-refractivity contribution in [2.45, 2.75) is 83.8 Å². The van der Waals surface area contributed by atoms with Crippen molar-refractivity contribution in [3.63, 3.8) is 0 Å². The molecule has 146 valence electrons. The molecule has 1 heterocycles. The summed E-state index contributed by atoms with van der Waals surface area (Å²) < 4.78 is 0. The highest BCUT2D eigenvalue weighted by Crippen LogP contribution is 2.21. The van der Waals surface area contributed by atoms with Crippen LogP contribution in [0.5, 0.6) is 0 Å². The largest absolute Gasteiger partial charge is 0.481 e. The lowest BCUT2D eigenvalue weighted by Crippen LogP contribution is -2.33. The van der Waals surface area contributed by atoms with Crippen molar-refractivity contribution in [1.82, 2.24) is 4.90 Å². The molecule has 0 aliphatic carbocycles. The van der Waals surface area contributed by atoms with Gasteiger partial charge in [-0.3, -0.25) is 9.59 Å². The topological polar surface area (TPSA) is 77.8 Å². The van der Waals surface area contributed by atoms with Gasteiger partial charge in [-0.15, -0.1) is 11.8 Å². The summed E-state index contributed by atoms with van der Waals surface area (Å²) in [6.45, 7) is 4.69. The number of rotatable bonds is 11. The van der Waals surface area contributed by atoms with Gasteiger partial charge < -0.3 is 15.1 Å². The van der Waals surface area contributed by atoms with E-state index in [0.717, 1.165) is 32.1 Å². The number of nitrogens with zero attached hydrogens (tertiary/aromatic N) is 1. The van der Waals surface area contributed by atoms with E-state index in [-0.39, 0.29) is 24.3 Å². The van der Waals surface area contributed by atoms with Gasteiger partial charge in [0, 0.05) is 32.2 Å². The molecule has 1 aliphatic rings. The van der Waals surface area contributed by atoms with Crippen LogP contribution in [0.1, 0.15) is 71.6 Å². The number of carboxylic acids is 1. The molecule has 1 fully saturated rings. The molecule has 0 aromatic heterocycles. The van der Waals surface area contributed by atoms with Crippen LogP contribution in [0.4, 0.5) is 0 Å². The number of aliphatic hydroxyl groups excluding tert-OH is 1. The first-order valence-corrected chi connectivity index (χ1v) is 9.79. The van der Waals surface area contributed by atoms with Crippen LogP contribution in [0.25, 0.3) is 0 Å². The van der Waals surface area contributed by atoms with Crippen molar-refractivity contribution in [2.24, 2.45) is 5.92 Å². The number of unbranched alkanes of at least 4 members (excludes halogenated alkanes) is 3. The van der Waals surface area contributed by atoms with Gasteiger partial charge >= 0.3 is 5.97 Å². The fourth-order valence-electron chi connectivity index (χ4n) is 3.07. The van der Waals surface area contributed by atoms with E-state index < -0.39 is 12.1 Å². The van der Waals surface area contributed by atoms with Crippen LogP contribution in [-0.4, -0.2) is 45.7 Å². The zero-order valence-corrected chi connectivity index (χ0v) is 16.1. The van der Waals surface area contributed by atoms with E-state index in [1.54, 1.807) is 6.08 Å². The Hall–Kier alpha value is -1.80. The number of aliphatic carboxylic acids is 1. The Kier molecular flexibility index (Phi) is 10.7. The molecule has 26 heavy (non-hydrogen) atoms. The third-order valence-electron chi connectivity index (χ3n) is 4.75. The summed E-state index contributed by atoms with van der Waals surface area (Å²) in [6.07, 6.45) is 9.68. The van der Waals surface area contributed by atoms with Gasteiger partial charge in [0.2, 0.25) is 5.91 Å². The number of carbonyl (C=O) groups excluding carboxylic acids is 1. The van der Waals surface area contributed by atoms with Gasteiger partial charge in [-0.25, -0.2) is 0 Å². The quantitative estimate of drug-likeness (QED) is 0.335. The van der Waals surface area contributed by atoms with E-state index in [2.05, 4.69) is 11.8 Å². The molecular weight excluding hydrogens is 330 g/mol. The molecule has 0 spiro atoms. The Morgan fingerprint density at radius 3 is 2.73 bits per heavy atom. The first-order chi connectivity index (χ1) is 12.5. The van der Waals surface area contributed by atoms with Crippen LogP contribution in [0.15, 0.2) is 12.2 Å². The van der Waals surface area contributed by atoms with Crippen molar-refractivity contribution in [1.29, 1.82) is 0 Å².